The molecule has 0 bridgehead atoms. The van der Waals surface area contributed by atoms with Crippen molar-refractivity contribution in [3.8, 4) is 0 Å². The van der Waals surface area contributed by atoms with E-state index in [9.17, 15) is 0 Å². The van der Waals surface area contributed by atoms with E-state index in [1.54, 1.807) is 33.4 Å². The van der Waals surface area contributed by atoms with Gasteiger partial charge in [0.1, 0.15) is 0 Å². The van der Waals surface area contributed by atoms with Crippen LogP contribution in [0, 0.1) is 12.3 Å². The minimum atomic E-state index is 0.573. The van der Waals surface area contributed by atoms with Crippen LogP contribution in [0.3, 0.4) is 0 Å². The number of hydrogen-bond donors (Lipinski definition) is 0. The highest BCUT2D eigenvalue weighted by molar-refractivity contribution is 5.36. The average molecular weight is 602 g/mol. The van der Waals surface area contributed by atoms with E-state index < -0.39 is 0 Å². The summed E-state index contributed by atoms with van der Waals surface area (Å²) in [5.41, 5.74) is 9.74. The van der Waals surface area contributed by atoms with E-state index in [0.717, 1.165) is 0 Å². The summed E-state index contributed by atoms with van der Waals surface area (Å²) >= 11 is 0. The van der Waals surface area contributed by atoms with E-state index in [-0.39, 0.29) is 0 Å². The zero-order valence-corrected chi connectivity index (χ0v) is 30.5. The molecule has 249 valence electrons. The minimum absolute atomic E-state index is 0.573. The molecule has 0 spiro atoms. The van der Waals surface area contributed by atoms with E-state index in [1.807, 2.05) is 0 Å². The van der Waals surface area contributed by atoms with Crippen molar-refractivity contribution in [1.29, 1.82) is 0 Å². The van der Waals surface area contributed by atoms with Crippen molar-refractivity contribution in [2.45, 2.75) is 195 Å². The van der Waals surface area contributed by atoms with Gasteiger partial charge in [0, 0.05) is 0 Å². The highest BCUT2D eigenvalue weighted by Gasteiger charge is 2.21. The van der Waals surface area contributed by atoms with E-state index in [0.29, 0.717) is 11.8 Å². The minimum Gasteiger partial charge on any atom is -0.0654 e. The van der Waals surface area contributed by atoms with E-state index in [4.69, 9.17) is 0 Å². The highest BCUT2D eigenvalue weighted by Crippen LogP contribution is 2.34. The molecule has 0 heteroatoms. The topological polar surface area (TPSA) is 0 Å². The van der Waals surface area contributed by atoms with Gasteiger partial charge >= 0.3 is 0 Å². The fraction of sp³-hybridized carbons (Fsp3) is 0.705. The maximum absolute atomic E-state index is 2.82. The van der Waals surface area contributed by atoms with Crippen molar-refractivity contribution in [3.05, 3.63) is 76.2 Å². The first-order chi connectivity index (χ1) is 21.6. The number of unbranched alkanes of at least 4 members (excludes halogenated alkanes) is 10. The molecule has 1 radical (unpaired) electrons. The third-order valence-electron chi connectivity index (χ3n) is 9.93. The van der Waals surface area contributed by atoms with Crippen LogP contribution in [0.2, 0.25) is 0 Å². The standard InChI is InChI=1S/C44H73/c1-7-13-19-25-39-30-29-38(35-41(39)27-21-15-9-3)33-37(23-17-11-5)34-42(24-18-12-6)44-32-31-40(26-20-14-8-2)43(36-44)28-22-16-10-4/h29-32,34-37,42H,7-28,33H2,1-6H3. The molecule has 2 unspecified atom stereocenters. The van der Waals surface area contributed by atoms with Crippen molar-refractivity contribution in [2.24, 2.45) is 5.92 Å². The van der Waals surface area contributed by atoms with Crippen LogP contribution in [-0.4, -0.2) is 0 Å². The van der Waals surface area contributed by atoms with Gasteiger partial charge in [-0.3, -0.25) is 0 Å². The van der Waals surface area contributed by atoms with Gasteiger partial charge in [-0.1, -0.05) is 155 Å². The molecular weight excluding hydrogens is 528 g/mol. The Morgan fingerprint density at radius 3 is 1.43 bits per heavy atom. The Bertz CT molecular complexity index is 968. The van der Waals surface area contributed by atoms with Gasteiger partial charge in [-0.15, -0.1) is 0 Å². The lowest BCUT2D eigenvalue weighted by Crippen LogP contribution is -2.13. The Morgan fingerprint density at radius 1 is 0.455 bits per heavy atom. The molecule has 0 aliphatic heterocycles. The first kappa shape index (κ1) is 38.6. The molecule has 0 saturated carbocycles. The van der Waals surface area contributed by atoms with Crippen LogP contribution >= 0.6 is 0 Å². The van der Waals surface area contributed by atoms with E-state index >= 15 is 0 Å². The predicted molar refractivity (Wildman–Crippen MR) is 199 cm³/mol. The van der Waals surface area contributed by atoms with Gasteiger partial charge in [0.05, 0.1) is 0 Å². The smallest absolute Gasteiger partial charge is 0.0128 e. The lowest BCUT2D eigenvalue weighted by molar-refractivity contribution is 0.472. The largest absolute Gasteiger partial charge is 0.0654 e. The number of rotatable bonds is 27. The summed E-state index contributed by atoms with van der Waals surface area (Å²) in [4.78, 5) is 0. The van der Waals surface area contributed by atoms with Gasteiger partial charge in [0.15, 0.2) is 0 Å². The quantitative estimate of drug-likeness (QED) is 0.0893. The number of aryl methyl sites for hydroxylation is 4. The maximum atomic E-state index is 2.82. The molecule has 0 aliphatic carbocycles. The zero-order valence-electron chi connectivity index (χ0n) is 30.5. The van der Waals surface area contributed by atoms with Crippen LogP contribution in [0.25, 0.3) is 0 Å². The molecule has 0 fully saturated rings. The maximum Gasteiger partial charge on any atom is -0.0128 e. The summed E-state index contributed by atoms with van der Waals surface area (Å²) in [5, 5.41) is 0. The molecule has 0 amide bonds. The van der Waals surface area contributed by atoms with Crippen LogP contribution in [0.15, 0.2) is 36.4 Å². The molecule has 2 rings (SSSR count). The molecule has 2 atom stereocenters. The van der Waals surface area contributed by atoms with Crippen molar-refractivity contribution in [2.75, 3.05) is 0 Å². The Balaban J connectivity index is 2.31. The van der Waals surface area contributed by atoms with Crippen LogP contribution in [0.5, 0.6) is 0 Å². The lowest BCUT2D eigenvalue weighted by atomic mass is 9.79. The van der Waals surface area contributed by atoms with Gasteiger partial charge in [-0.2, -0.15) is 0 Å². The molecule has 44 heavy (non-hydrogen) atoms. The SMILES string of the molecule is CCCCCc1ccc(CC([CH]C(CCCC)c2ccc(CCCCC)c(CCCCC)c2)CCCC)cc1CCCCC. The molecular formula is C44H73. The van der Waals surface area contributed by atoms with Gasteiger partial charge in [-0.05, 0) is 122 Å². The molecule has 0 saturated heterocycles. The Morgan fingerprint density at radius 2 is 0.909 bits per heavy atom. The fourth-order valence-electron chi connectivity index (χ4n) is 7.06. The molecule has 0 aliphatic rings. The van der Waals surface area contributed by atoms with Crippen LogP contribution in [0.4, 0.5) is 0 Å². The second kappa shape index (κ2) is 24.6. The third kappa shape index (κ3) is 15.1. The number of benzene rings is 2. The molecule has 0 heterocycles. The fourth-order valence-corrected chi connectivity index (χ4v) is 7.06. The zero-order chi connectivity index (χ0) is 31.8. The van der Waals surface area contributed by atoms with Crippen LogP contribution < -0.4 is 0 Å². The second-order valence-corrected chi connectivity index (χ2v) is 14.0. The van der Waals surface area contributed by atoms with Gasteiger partial charge < -0.3 is 0 Å². The van der Waals surface area contributed by atoms with E-state index in [1.165, 1.54) is 148 Å². The normalized spacial score (nSPS) is 13.0. The van der Waals surface area contributed by atoms with Crippen LogP contribution in [-0.2, 0) is 32.1 Å². The first-order valence-corrected chi connectivity index (χ1v) is 19.7. The molecule has 2 aromatic carbocycles. The summed E-state index contributed by atoms with van der Waals surface area (Å²) < 4.78 is 0. The first-order valence-electron chi connectivity index (χ1n) is 19.7. The Labute approximate surface area is 276 Å². The van der Waals surface area contributed by atoms with Crippen molar-refractivity contribution < 1.29 is 0 Å². The Hall–Kier alpha value is -1.56. The van der Waals surface area contributed by atoms with Gasteiger partial charge in [-0.25, -0.2) is 0 Å². The lowest BCUT2D eigenvalue weighted by Gasteiger charge is -2.26. The van der Waals surface area contributed by atoms with Crippen LogP contribution in [0.1, 0.15) is 196 Å². The average Bonchev–Trinajstić information content (AvgIpc) is 3.03. The summed E-state index contributed by atoms with van der Waals surface area (Å²) in [6, 6.07) is 15.3. The molecule has 0 aromatic heterocycles. The monoisotopic (exact) mass is 602 g/mol. The summed E-state index contributed by atoms with van der Waals surface area (Å²) in [5.74, 6) is 1.22. The summed E-state index contributed by atoms with van der Waals surface area (Å²) in [6.07, 6.45) is 32.8. The second-order valence-electron chi connectivity index (χ2n) is 14.0. The Kier molecular flexibility index (Phi) is 21.6. The van der Waals surface area contributed by atoms with Gasteiger partial charge in [0.25, 0.3) is 0 Å². The van der Waals surface area contributed by atoms with Crippen molar-refractivity contribution in [1.82, 2.24) is 0 Å². The summed E-state index contributed by atoms with van der Waals surface area (Å²) in [6.45, 7) is 14.0. The van der Waals surface area contributed by atoms with E-state index in [2.05, 4.69) is 84.4 Å². The molecule has 0 nitrogen and oxygen atoms in total. The van der Waals surface area contributed by atoms with Crippen molar-refractivity contribution >= 4 is 0 Å². The summed E-state index contributed by atoms with van der Waals surface area (Å²) in [7, 11) is 0. The van der Waals surface area contributed by atoms with Crippen molar-refractivity contribution in [3.63, 3.8) is 0 Å². The molecule has 2 aromatic rings. The predicted octanol–water partition coefficient (Wildman–Crippen LogP) is 14.1. The highest BCUT2D eigenvalue weighted by atomic mass is 14.3. The molecule has 0 N–H and O–H groups in total. The number of hydrogen-bond acceptors (Lipinski definition) is 0. The third-order valence-corrected chi connectivity index (χ3v) is 9.93. The van der Waals surface area contributed by atoms with Gasteiger partial charge in [0.2, 0.25) is 0 Å².